The van der Waals surface area contributed by atoms with Crippen molar-refractivity contribution < 1.29 is 22.8 Å². The number of nitrogens with zero attached hydrogens (tertiary/aromatic N) is 3. The van der Waals surface area contributed by atoms with Gasteiger partial charge < -0.3 is 14.2 Å². The van der Waals surface area contributed by atoms with Crippen molar-refractivity contribution in [3.63, 3.8) is 0 Å². The molecule has 2 heterocycles. The maximum atomic E-state index is 13.9. The summed E-state index contributed by atoms with van der Waals surface area (Å²) < 4.78 is 38.7. The van der Waals surface area contributed by atoms with Crippen molar-refractivity contribution >= 4 is 21.8 Å². The van der Waals surface area contributed by atoms with Gasteiger partial charge in [-0.05, 0) is 36.8 Å². The van der Waals surface area contributed by atoms with Gasteiger partial charge in [-0.25, -0.2) is 8.78 Å². The lowest BCUT2D eigenvalue weighted by Crippen LogP contribution is -2.48. The van der Waals surface area contributed by atoms with Crippen molar-refractivity contribution in [3.8, 4) is 5.75 Å². The second-order valence-electron chi connectivity index (χ2n) is 7.63. The third-order valence-electron chi connectivity index (χ3n) is 5.41. The smallest absolute Gasteiger partial charge is 0.276 e. The fourth-order valence-electron chi connectivity index (χ4n) is 3.62. The molecule has 1 aliphatic heterocycles. The third-order valence-corrected chi connectivity index (χ3v) is 5.90. The Balaban J connectivity index is 1.38. The largest absolute Gasteiger partial charge is 0.486 e. The van der Waals surface area contributed by atoms with Crippen LogP contribution in [0.3, 0.4) is 0 Å². The van der Waals surface area contributed by atoms with Crippen molar-refractivity contribution in [2.45, 2.75) is 20.1 Å². The van der Waals surface area contributed by atoms with Crippen LogP contribution in [0.15, 0.2) is 51.5 Å². The van der Waals surface area contributed by atoms with Gasteiger partial charge >= 0.3 is 0 Å². The number of halogens is 3. The van der Waals surface area contributed by atoms with E-state index in [2.05, 4.69) is 38.1 Å². The Morgan fingerprint density at radius 1 is 1.16 bits per heavy atom. The number of ether oxygens (including phenoxy) is 1. The van der Waals surface area contributed by atoms with E-state index in [-0.39, 0.29) is 24.0 Å². The van der Waals surface area contributed by atoms with Gasteiger partial charge in [0.2, 0.25) is 0 Å². The molecule has 0 aliphatic carbocycles. The first-order valence-corrected chi connectivity index (χ1v) is 11.0. The molecule has 1 saturated heterocycles. The molecule has 0 saturated carbocycles. The number of carbonyl (C=O) groups is 1. The van der Waals surface area contributed by atoms with Crippen LogP contribution in [-0.2, 0) is 13.2 Å². The van der Waals surface area contributed by atoms with Crippen molar-refractivity contribution in [2.75, 3.05) is 26.2 Å². The zero-order chi connectivity index (χ0) is 22.7. The molecule has 0 spiro atoms. The van der Waals surface area contributed by atoms with E-state index >= 15 is 0 Å². The van der Waals surface area contributed by atoms with Gasteiger partial charge in [0.15, 0.2) is 17.3 Å². The summed E-state index contributed by atoms with van der Waals surface area (Å²) in [4.78, 5) is 17.1. The minimum absolute atomic E-state index is 0.105. The Morgan fingerprint density at radius 2 is 1.94 bits per heavy atom. The fourth-order valence-corrected chi connectivity index (χ4v) is 4.07. The Bertz CT molecular complexity index is 1110. The van der Waals surface area contributed by atoms with Crippen LogP contribution in [-0.4, -0.2) is 47.0 Å². The average molecular weight is 506 g/mol. The van der Waals surface area contributed by atoms with E-state index in [0.29, 0.717) is 24.4 Å². The van der Waals surface area contributed by atoms with E-state index in [1.54, 1.807) is 11.8 Å². The predicted molar refractivity (Wildman–Crippen MR) is 117 cm³/mol. The quantitative estimate of drug-likeness (QED) is 0.491. The summed E-state index contributed by atoms with van der Waals surface area (Å²) in [5.74, 6) is -1.43. The lowest BCUT2D eigenvalue weighted by Gasteiger charge is -2.34. The van der Waals surface area contributed by atoms with Crippen molar-refractivity contribution in [1.29, 1.82) is 0 Å². The van der Waals surface area contributed by atoms with E-state index in [1.165, 1.54) is 11.6 Å². The number of piperazine rings is 1. The van der Waals surface area contributed by atoms with Gasteiger partial charge in [-0.2, -0.15) is 0 Å². The molecular formula is C23H22BrF2N3O3. The first-order valence-electron chi connectivity index (χ1n) is 10.2. The van der Waals surface area contributed by atoms with Crippen LogP contribution in [0, 0.1) is 18.6 Å². The average Bonchev–Trinajstić information content (AvgIpc) is 3.13. The molecule has 1 amide bonds. The van der Waals surface area contributed by atoms with Crippen molar-refractivity contribution in [2.24, 2.45) is 0 Å². The maximum Gasteiger partial charge on any atom is 0.276 e. The highest BCUT2D eigenvalue weighted by atomic mass is 79.9. The Morgan fingerprint density at radius 3 is 2.66 bits per heavy atom. The van der Waals surface area contributed by atoms with Gasteiger partial charge in [-0.15, -0.1) is 0 Å². The molecule has 6 nitrogen and oxygen atoms in total. The van der Waals surface area contributed by atoms with Gasteiger partial charge in [-0.3, -0.25) is 9.69 Å². The van der Waals surface area contributed by atoms with Crippen LogP contribution < -0.4 is 4.74 Å². The number of aryl methyl sites for hydroxylation is 1. The molecule has 0 N–H and O–H groups in total. The summed E-state index contributed by atoms with van der Waals surface area (Å²) in [5, 5.41) is 3.92. The molecule has 3 aromatic rings. The lowest BCUT2D eigenvalue weighted by atomic mass is 10.1. The van der Waals surface area contributed by atoms with Crippen LogP contribution in [0.2, 0.25) is 0 Å². The molecule has 0 unspecified atom stereocenters. The number of amides is 1. The summed E-state index contributed by atoms with van der Waals surface area (Å²) >= 11 is 3.49. The minimum atomic E-state index is -0.812. The van der Waals surface area contributed by atoms with Gasteiger partial charge in [0.25, 0.3) is 5.91 Å². The first-order chi connectivity index (χ1) is 15.4. The van der Waals surface area contributed by atoms with E-state index in [4.69, 9.17) is 9.26 Å². The maximum absolute atomic E-state index is 13.9. The second kappa shape index (κ2) is 9.79. The minimum Gasteiger partial charge on any atom is -0.486 e. The summed E-state index contributed by atoms with van der Waals surface area (Å²) in [5.41, 5.74) is 1.82. The molecule has 1 fully saturated rings. The number of carbonyl (C=O) groups excluding carboxylic acids is 1. The molecule has 1 aliphatic rings. The summed E-state index contributed by atoms with van der Waals surface area (Å²) in [6.07, 6.45) is 0. The molecule has 4 rings (SSSR count). The Hall–Kier alpha value is -2.78. The summed E-state index contributed by atoms with van der Waals surface area (Å²) in [6, 6.07) is 11.2. The first kappa shape index (κ1) is 22.4. The highest BCUT2D eigenvalue weighted by molar-refractivity contribution is 9.10. The molecule has 0 atom stereocenters. The van der Waals surface area contributed by atoms with Crippen molar-refractivity contribution in [1.82, 2.24) is 15.0 Å². The van der Waals surface area contributed by atoms with Gasteiger partial charge in [0, 0.05) is 43.3 Å². The standard InChI is InChI=1S/C23H22BrF2N3O3/c1-15-19(14-31-21-6-5-18(25)12-20(21)26)22(27-32-15)23(30)29-9-7-28(8-10-29)13-16-3-2-4-17(24)11-16/h2-6,11-12H,7-10,13-14H2,1H3. The van der Waals surface area contributed by atoms with Crippen LogP contribution in [0.5, 0.6) is 5.75 Å². The van der Waals surface area contributed by atoms with E-state index < -0.39 is 11.6 Å². The van der Waals surface area contributed by atoms with Gasteiger partial charge in [0.1, 0.15) is 18.2 Å². The third kappa shape index (κ3) is 5.16. The number of hydrogen-bond acceptors (Lipinski definition) is 5. The number of rotatable bonds is 6. The van der Waals surface area contributed by atoms with Crippen molar-refractivity contribution in [3.05, 3.63) is 81.2 Å². The SMILES string of the molecule is Cc1onc(C(=O)N2CCN(Cc3cccc(Br)c3)CC2)c1COc1ccc(F)cc1F. The topological polar surface area (TPSA) is 58.8 Å². The summed E-state index contributed by atoms with van der Waals surface area (Å²) in [6.45, 7) is 4.97. The monoisotopic (exact) mass is 505 g/mol. The fraction of sp³-hybridized carbons (Fsp3) is 0.304. The summed E-state index contributed by atoms with van der Waals surface area (Å²) in [7, 11) is 0. The number of benzene rings is 2. The predicted octanol–water partition coefficient (Wildman–Crippen LogP) is 4.56. The van der Waals surface area contributed by atoms with Gasteiger partial charge in [0.05, 0.1) is 5.56 Å². The molecule has 9 heteroatoms. The highest BCUT2D eigenvalue weighted by Gasteiger charge is 2.28. The normalized spacial score (nSPS) is 14.6. The Labute approximate surface area is 192 Å². The van der Waals surface area contributed by atoms with E-state index in [9.17, 15) is 13.6 Å². The Kier molecular flexibility index (Phi) is 6.86. The highest BCUT2D eigenvalue weighted by Crippen LogP contribution is 2.23. The molecule has 0 radical (unpaired) electrons. The molecule has 2 aromatic carbocycles. The number of aromatic nitrogens is 1. The van der Waals surface area contributed by atoms with Crippen LogP contribution in [0.4, 0.5) is 8.78 Å². The zero-order valence-electron chi connectivity index (χ0n) is 17.5. The van der Waals surface area contributed by atoms with Gasteiger partial charge in [-0.1, -0.05) is 33.2 Å². The van der Waals surface area contributed by atoms with E-state index in [1.807, 2.05) is 12.1 Å². The molecule has 1 aromatic heterocycles. The molecular weight excluding hydrogens is 484 g/mol. The van der Waals surface area contributed by atoms with E-state index in [0.717, 1.165) is 36.2 Å². The lowest BCUT2D eigenvalue weighted by molar-refractivity contribution is 0.0616. The molecule has 32 heavy (non-hydrogen) atoms. The zero-order valence-corrected chi connectivity index (χ0v) is 19.1. The number of hydrogen-bond donors (Lipinski definition) is 0. The van der Waals surface area contributed by atoms with Crippen LogP contribution in [0.25, 0.3) is 0 Å². The van der Waals surface area contributed by atoms with Crippen LogP contribution >= 0.6 is 15.9 Å². The molecule has 168 valence electrons. The second-order valence-corrected chi connectivity index (χ2v) is 8.54. The molecule has 0 bridgehead atoms. The van der Waals surface area contributed by atoms with Crippen LogP contribution in [0.1, 0.15) is 27.4 Å².